The zero-order valence-electron chi connectivity index (χ0n) is 15.8. The van der Waals surface area contributed by atoms with Crippen LogP contribution in [0.5, 0.6) is 5.75 Å². The Morgan fingerprint density at radius 2 is 2.03 bits per heavy atom. The number of nitrogens with zero attached hydrogens (tertiary/aromatic N) is 2. The number of halogens is 1. The molecule has 154 valence electrons. The van der Waals surface area contributed by atoms with Crippen LogP contribution in [0.15, 0.2) is 59.1 Å². The molecule has 4 rings (SSSR count). The van der Waals surface area contributed by atoms with E-state index in [4.69, 9.17) is 10.5 Å². The molecule has 0 unspecified atom stereocenters. The molecule has 3 N–H and O–H groups in total. The van der Waals surface area contributed by atoms with Crippen molar-refractivity contribution in [3.05, 3.63) is 59.7 Å². The van der Waals surface area contributed by atoms with E-state index in [0.29, 0.717) is 39.0 Å². The molecule has 0 aliphatic heterocycles. The van der Waals surface area contributed by atoms with Gasteiger partial charge < -0.3 is 10.5 Å². The summed E-state index contributed by atoms with van der Waals surface area (Å²) in [4.78, 5) is 8.29. The van der Waals surface area contributed by atoms with E-state index in [1.54, 1.807) is 29.6 Å². The van der Waals surface area contributed by atoms with E-state index >= 15 is 0 Å². The Labute approximate surface area is 176 Å². The molecule has 0 spiro atoms. The highest BCUT2D eigenvalue weighted by atomic mass is 32.2. The Bertz CT molecular complexity index is 1330. The highest BCUT2D eigenvalue weighted by Crippen LogP contribution is 2.39. The van der Waals surface area contributed by atoms with Gasteiger partial charge in [-0.05, 0) is 23.8 Å². The molecule has 2 aromatic carbocycles. The van der Waals surface area contributed by atoms with Crippen molar-refractivity contribution in [2.75, 3.05) is 17.6 Å². The number of hydrogen-bond acceptors (Lipinski definition) is 7. The predicted octanol–water partition coefficient (Wildman–Crippen LogP) is 4.22. The third kappa shape index (κ3) is 3.66. The summed E-state index contributed by atoms with van der Waals surface area (Å²) in [6, 6.07) is 9.58. The highest BCUT2D eigenvalue weighted by molar-refractivity contribution is 7.93. The second-order valence-electron chi connectivity index (χ2n) is 6.38. The van der Waals surface area contributed by atoms with Gasteiger partial charge in [0.05, 0.1) is 29.4 Å². The molecule has 0 fully saturated rings. The number of benzene rings is 2. The molecule has 10 heteroatoms. The number of methoxy groups -OCH3 is 1. The third-order valence-corrected chi connectivity index (χ3v) is 6.68. The van der Waals surface area contributed by atoms with E-state index in [-0.39, 0.29) is 10.0 Å². The van der Waals surface area contributed by atoms with Crippen molar-refractivity contribution in [1.82, 2.24) is 9.97 Å². The minimum atomic E-state index is -3.82. The fourth-order valence-corrected chi connectivity index (χ4v) is 4.94. The average Bonchev–Trinajstić information content (AvgIpc) is 3.25. The fraction of sp³-hybridized carbons (Fsp3) is 0.100. The summed E-state index contributed by atoms with van der Waals surface area (Å²) in [5, 5.41) is 2.60. The number of nitrogens with one attached hydrogen (secondary N) is 1. The normalized spacial score (nSPS) is 11.5. The van der Waals surface area contributed by atoms with Crippen molar-refractivity contribution in [2.24, 2.45) is 0 Å². The molecule has 0 atom stereocenters. The molecule has 2 heterocycles. The van der Waals surface area contributed by atoms with Crippen LogP contribution in [0.4, 0.5) is 15.2 Å². The quantitative estimate of drug-likeness (QED) is 0.461. The summed E-state index contributed by atoms with van der Waals surface area (Å²) in [5.74, 6) is 0.464. The summed E-state index contributed by atoms with van der Waals surface area (Å²) >= 11 is 1.18. The van der Waals surface area contributed by atoms with Crippen LogP contribution in [0.1, 0.15) is 5.56 Å². The SMILES string of the molecule is COc1cc(CF)ccc1-c1c(N)cnc2cc(S(=O)(=O)Nc3nccs3)ccc12. The molecular weight excluding hydrogens is 427 g/mol. The second kappa shape index (κ2) is 7.88. The lowest BCUT2D eigenvalue weighted by molar-refractivity contribution is 0.413. The molecule has 4 aromatic rings. The van der Waals surface area contributed by atoms with Crippen molar-refractivity contribution < 1.29 is 17.5 Å². The van der Waals surface area contributed by atoms with Crippen LogP contribution >= 0.6 is 11.3 Å². The average molecular weight is 445 g/mol. The van der Waals surface area contributed by atoms with Gasteiger partial charge in [-0.1, -0.05) is 18.2 Å². The van der Waals surface area contributed by atoms with Crippen LogP contribution in [-0.4, -0.2) is 25.5 Å². The zero-order chi connectivity index (χ0) is 21.3. The van der Waals surface area contributed by atoms with E-state index in [1.807, 2.05) is 0 Å². The first-order chi connectivity index (χ1) is 14.4. The van der Waals surface area contributed by atoms with Gasteiger partial charge in [0.15, 0.2) is 5.13 Å². The first-order valence-corrected chi connectivity index (χ1v) is 11.1. The van der Waals surface area contributed by atoms with Gasteiger partial charge in [0, 0.05) is 28.1 Å². The van der Waals surface area contributed by atoms with Crippen LogP contribution in [0.2, 0.25) is 0 Å². The first-order valence-electron chi connectivity index (χ1n) is 8.76. The monoisotopic (exact) mass is 444 g/mol. The van der Waals surface area contributed by atoms with Crippen molar-refractivity contribution in [2.45, 2.75) is 11.6 Å². The standard InChI is InChI=1S/C20H17FN4O3S2/c1-28-18-8-12(10-21)2-4-15(18)19-14-5-3-13(9-17(14)24-11-16(19)22)30(26,27)25-20-23-6-7-29-20/h2-9,11H,10,22H2,1H3,(H,23,25). The number of alkyl halides is 1. The number of sulfonamides is 1. The molecule has 0 aliphatic rings. The number of pyridine rings is 1. The van der Waals surface area contributed by atoms with Crippen molar-refractivity contribution in [1.29, 1.82) is 0 Å². The first kappa shape index (κ1) is 20.0. The lowest BCUT2D eigenvalue weighted by Gasteiger charge is -2.15. The number of rotatable bonds is 6. The maximum absolute atomic E-state index is 13.0. The van der Waals surface area contributed by atoms with E-state index in [1.165, 1.54) is 43.0 Å². The predicted molar refractivity (Wildman–Crippen MR) is 116 cm³/mol. The van der Waals surface area contributed by atoms with Gasteiger partial charge in [0.2, 0.25) is 0 Å². The molecule has 0 aliphatic carbocycles. The van der Waals surface area contributed by atoms with Crippen LogP contribution in [0, 0.1) is 0 Å². The molecule has 30 heavy (non-hydrogen) atoms. The minimum Gasteiger partial charge on any atom is -0.496 e. The number of fused-ring (bicyclic) bond motifs is 1. The number of nitrogens with two attached hydrogens (primary N) is 1. The lowest BCUT2D eigenvalue weighted by Crippen LogP contribution is -2.12. The molecule has 2 aromatic heterocycles. The smallest absolute Gasteiger partial charge is 0.263 e. The van der Waals surface area contributed by atoms with Crippen molar-refractivity contribution in [3.8, 4) is 16.9 Å². The lowest BCUT2D eigenvalue weighted by atomic mass is 9.97. The fourth-order valence-electron chi connectivity index (χ4n) is 3.13. The number of nitrogen functional groups attached to an aromatic ring is 1. The molecule has 0 bridgehead atoms. The Kier molecular flexibility index (Phi) is 5.27. The third-order valence-electron chi connectivity index (χ3n) is 4.52. The van der Waals surface area contributed by atoms with Gasteiger partial charge in [-0.25, -0.2) is 17.8 Å². The summed E-state index contributed by atoms with van der Waals surface area (Å²) in [7, 11) is -2.33. The summed E-state index contributed by atoms with van der Waals surface area (Å²) in [6.45, 7) is -0.615. The minimum absolute atomic E-state index is 0.0492. The topological polar surface area (TPSA) is 107 Å². The highest BCUT2D eigenvalue weighted by Gasteiger charge is 2.19. The van der Waals surface area contributed by atoms with E-state index < -0.39 is 16.7 Å². The number of ether oxygens (including phenoxy) is 1. The van der Waals surface area contributed by atoms with Gasteiger partial charge >= 0.3 is 0 Å². The van der Waals surface area contributed by atoms with E-state index in [0.717, 1.165) is 0 Å². The molecule has 0 amide bonds. The maximum Gasteiger partial charge on any atom is 0.263 e. The number of aromatic nitrogens is 2. The van der Waals surface area contributed by atoms with Crippen molar-refractivity contribution in [3.63, 3.8) is 0 Å². The Hall–Kier alpha value is -3.24. The van der Waals surface area contributed by atoms with Gasteiger partial charge in [0.25, 0.3) is 10.0 Å². The number of thiazole rings is 1. The van der Waals surface area contributed by atoms with E-state index in [2.05, 4.69) is 14.7 Å². The Balaban J connectivity index is 1.85. The number of anilines is 2. The zero-order valence-corrected chi connectivity index (χ0v) is 17.4. The molecule has 0 saturated heterocycles. The Morgan fingerprint density at radius 3 is 2.73 bits per heavy atom. The van der Waals surface area contributed by atoms with Crippen LogP contribution in [0.3, 0.4) is 0 Å². The van der Waals surface area contributed by atoms with Crippen LogP contribution in [0.25, 0.3) is 22.0 Å². The maximum atomic E-state index is 13.0. The molecule has 0 radical (unpaired) electrons. The Morgan fingerprint density at radius 1 is 1.20 bits per heavy atom. The summed E-state index contributed by atoms with van der Waals surface area (Å²) in [5.41, 5.74) is 8.82. The molecular formula is C20H17FN4O3S2. The largest absolute Gasteiger partial charge is 0.496 e. The van der Waals surface area contributed by atoms with Crippen molar-refractivity contribution >= 4 is 43.1 Å². The van der Waals surface area contributed by atoms with E-state index in [9.17, 15) is 12.8 Å². The molecule has 7 nitrogen and oxygen atoms in total. The van der Waals surface area contributed by atoms with Gasteiger partial charge in [0.1, 0.15) is 12.4 Å². The summed E-state index contributed by atoms with van der Waals surface area (Å²) < 4.78 is 46.3. The molecule has 0 saturated carbocycles. The summed E-state index contributed by atoms with van der Waals surface area (Å²) in [6.07, 6.45) is 2.98. The number of hydrogen-bond donors (Lipinski definition) is 2. The van der Waals surface area contributed by atoms with Gasteiger partial charge in [-0.2, -0.15) is 0 Å². The van der Waals surface area contributed by atoms with Gasteiger partial charge in [-0.15, -0.1) is 11.3 Å². The van der Waals surface area contributed by atoms with Crippen LogP contribution < -0.4 is 15.2 Å². The van der Waals surface area contributed by atoms with Gasteiger partial charge in [-0.3, -0.25) is 9.71 Å². The second-order valence-corrected chi connectivity index (χ2v) is 8.96. The van der Waals surface area contributed by atoms with Crippen LogP contribution in [-0.2, 0) is 16.7 Å².